The van der Waals surface area contributed by atoms with Gasteiger partial charge in [-0.05, 0) is 0 Å². The Labute approximate surface area is 65.9 Å². The van der Waals surface area contributed by atoms with Gasteiger partial charge in [0.1, 0.15) is 0 Å². The summed E-state index contributed by atoms with van der Waals surface area (Å²) in [6.45, 7) is 0. The second kappa shape index (κ2) is 9.28. The van der Waals surface area contributed by atoms with Gasteiger partial charge >= 0.3 is 48.3 Å². The zero-order valence-electron chi connectivity index (χ0n) is 2.75. The normalized spacial score (nSPS) is 4.00. The minimum Gasteiger partial charge on any atom is -2.00 e. The third-order valence-corrected chi connectivity index (χ3v) is 0. The van der Waals surface area contributed by atoms with E-state index in [-0.39, 0.29) is 43.2 Å². The van der Waals surface area contributed by atoms with Crippen LogP contribution in [-0.4, -0.2) is 50.4 Å². The van der Waals surface area contributed by atoms with Gasteiger partial charge in [-0.3, -0.25) is 0 Å². The third kappa shape index (κ3) is 101. The summed E-state index contributed by atoms with van der Waals surface area (Å²) in [5.74, 6) is 0. The van der Waals surface area contributed by atoms with Crippen LogP contribution in [0.5, 0.6) is 0 Å². The van der Waals surface area contributed by atoms with Crippen molar-refractivity contribution in [2.45, 2.75) is 0 Å². The van der Waals surface area contributed by atoms with Crippen molar-refractivity contribution in [2.24, 2.45) is 0 Å². The van der Waals surface area contributed by atoms with E-state index in [1.165, 1.54) is 0 Å². The van der Waals surface area contributed by atoms with E-state index in [1.54, 1.807) is 0 Å². The van der Waals surface area contributed by atoms with Gasteiger partial charge in [-0.2, -0.15) is 0 Å². The summed E-state index contributed by atoms with van der Waals surface area (Å²) < 4.78 is 25.3. The second-order valence-electron chi connectivity index (χ2n) is 0.204. The fourth-order valence-electron chi connectivity index (χ4n) is 0. The molecule has 0 aliphatic rings. The maximum Gasteiger partial charge on any atom is 2.00 e. The van der Waals surface area contributed by atoms with Crippen molar-refractivity contribution in [3.05, 3.63) is 0 Å². The Balaban J connectivity index is -0.0000000450. The molecular formula is CaO4S. The molecule has 0 aromatic heterocycles. The third-order valence-electron chi connectivity index (χ3n) is 0. The first kappa shape index (κ1) is 15.8. The fraction of sp³-hybridized carbons (Fsp3) is 0. The minimum absolute atomic E-state index is 0. The Kier molecular flexibility index (Phi) is 24.5. The molecule has 0 unspecified atom stereocenters. The molecule has 0 aromatic carbocycles. The molecule has 0 aromatic rings. The van der Waals surface area contributed by atoms with Crippen molar-refractivity contribution in [3.63, 3.8) is 0 Å². The van der Waals surface area contributed by atoms with E-state index >= 15 is 0 Å². The van der Waals surface area contributed by atoms with Crippen molar-refractivity contribution >= 4 is 48.3 Å². The quantitative estimate of drug-likeness (QED) is 0.380. The average Bonchev–Trinajstić information content (AvgIpc) is 0.811. The Morgan fingerprint density at radius 1 is 1.00 bits per heavy atom. The summed E-state index contributed by atoms with van der Waals surface area (Å²) in [6.07, 6.45) is 0. The van der Waals surface area contributed by atoms with Crippen LogP contribution in [0.3, 0.4) is 0 Å². The molecule has 0 aliphatic heterocycles. The van der Waals surface area contributed by atoms with E-state index in [0.29, 0.717) is 0 Å². The first-order valence-electron chi connectivity index (χ1n) is 0.500. The topological polar surface area (TPSA) is 79.7 Å². The van der Waals surface area contributed by atoms with Crippen LogP contribution in [0.2, 0.25) is 0 Å². The van der Waals surface area contributed by atoms with Gasteiger partial charge in [0.05, 0.1) is 0 Å². The van der Waals surface area contributed by atoms with Gasteiger partial charge in [0.15, 0.2) is 0 Å². The van der Waals surface area contributed by atoms with Crippen molar-refractivity contribution in [2.75, 3.05) is 0 Å². The van der Waals surface area contributed by atoms with Crippen LogP contribution < -0.4 is 0 Å². The van der Waals surface area contributed by atoms with Crippen LogP contribution >= 0.6 is 0 Å². The number of hydrogen-bond acceptors (Lipinski definition) is 3. The zero-order chi connectivity index (χ0) is 3.58. The summed E-state index contributed by atoms with van der Waals surface area (Å²) in [7, 11) is -3.11. The molecule has 32 valence electrons. The van der Waals surface area contributed by atoms with Gasteiger partial charge in [-0.15, -0.1) is 12.6 Å². The first-order chi connectivity index (χ1) is 1.73. The van der Waals surface area contributed by atoms with E-state index in [9.17, 15) is 0 Å². The Morgan fingerprint density at radius 3 is 1.00 bits per heavy atom. The second-order valence-corrected chi connectivity index (χ2v) is 0.612. The molecule has 0 bridgehead atoms. The predicted octanol–water partition coefficient (Wildman–Crippen LogP) is -1.50. The Bertz CT molecular complexity index is 76.9. The van der Waals surface area contributed by atoms with Gasteiger partial charge in [-0.1, -0.05) is 0 Å². The molecule has 6 heavy (non-hydrogen) atoms. The maximum atomic E-state index is 8.44. The van der Waals surface area contributed by atoms with Gasteiger partial charge in [-0.25, -0.2) is 0 Å². The van der Waals surface area contributed by atoms with E-state index in [2.05, 4.69) is 0 Å². The van der Waals surface area contributed by atoms with Crippen molar-refractivity contribution in [1.29, 1.82) is 0 Å². The van der Waals surface area contributed by atoms with Crippen LogP contribution in [0, 0.1) is 0 Å². The first-order valence-corrected chi connectivity index (χ1v) is 1.50. The molecule has 4 nitrogen and oxygen atoms in total. The summed E-state index contributed by atoms with van der Waals surface area (Å²) in [6, 6.07) is 0. The Morgan fingerprint density at radius 2 is 1.00 bits per heavy atom. The SMILES string of the molecule is O=S(=O)=O.[Ca+2].[O-2]. The number of hydrogen-bond donors (Lipinski definition) is 0. The van der Waals surface area contributed by atoms with Crippen LogP contribution in [-0.2, 0) is 16.1 Å². The standard InChI is InChI=1S/Ca.O3S.O/c;1-4(2)3;/q+2;;-2. The van der Waals surface area contributed by atoms with Crippen LogP contribution in [0.15, 0.2) is 0 Å². The summed E-state index contributed by atoms with van der Waals surface area (Å²) in [5.41, 5.74) is 0. The van der Waals surface area contributed by atoms with Crippen molar-refractivity contribution in [1.82, 2.24) is 0 Å². The minimum atomic E-state index is -3.11. The Hall–Kier alpha value is 0.840. The molecule has 0 spiro atoms. The van der Waals surface area contributed by atoms with E-state index < -0.39 is 10.6 Å². The molecule has 0 saturated heterocycles. The van der Waals surface area contributed by atoms with Crippen LogP contribution in [0.1, 0.15) is 0 Å². The van der Waals surface area contributed by atoms with Gasteiger partial charge in [0.25, 0.3) is 0 Å². The molecule has 0 N–H and O–H groups in total. The summed E-state index contributed by atoms with van der Waals surface area (Å²) in [5, 5.41) is 0. The monoisotopic (exact) mass is 136 g/mol. The van der Waals surface area contributed by atoms with E-state index in [0.717, 1.165) is 0 Å². The van der Waals surface area contributed by atoms with Crippen molar-refractivity contribution in [3.8, 4) is 0 Å². The van der Waals surface area contributed by atoms with Gasteiger partial charge < -0.3 is 5.48 Å². The molecular weight excluding hydrogens is 136 g/mol. The average molecular weight is 136 g/mol. The largest absolute Gasteiger partial charge is 2.00 e. The molecule has 6 heteroatoms. The molecule has 0 heterocycles. The van der Waals surface area contributed by atoms with Gasteiger partial charge in [0, 0.05) is 0 Å². The van der Waals surface area contributed by atoms with Crippen LogP contribution in [0.25, 0.3) is 0 Å². The molecule has 0 amide bonds. The predicted molar refractivity (Wildman–Crippen MR) is 16.1 cm³/mol. The zero-order valence-corrected chi connectivity index (χ0v) is 5.77. The fourth-order valence-corrected chi connectivity index (χ4v) is 0. The maximum absolute atomic E-state index is 8.44. The van der Waals surface area contributed by atoms with Crippen molar-refractivity contribution < 1.29 is 18.1 Å². The van der Waals surface area contributed by atoms with Gasteiger partial charge in [0.2, 0.25) is 0 Å². The van der Waals surface area contributed by atoms with Crippen LogP contribution in [0.4, 0.5) is 0 Å². The molecule has 0 rings (SSSR count). The summed E-state index contributed by atoms with van der Waals surface area (Å²) in [4.78, 5) is 0. The smallest absolute Gasteiger partial charge is 2.00 e. The molecule has 0 fully saturated rings. The number of rotatable bonds is 0. The summed E-state index contributed by atoms with van der Waals surface area (Å²) >= 11 is 0. The molecule has 0 atom stereocenters. The van der Waals surface area contributed by atoms with E-state index in [4.69, 9.17) is 12.6 Å². The molecule has 0 saturated carbocycles. The van der Waals surface area contributed by atoms with E-state index in [1.807, 2.05) is 0 Å². The molecule has 0 radical (unpaired) electrons. The molecule has 0 aliphatic carbocycles.